The van der Waals surface area contributed by atoms with Crippen LogP contribution in [0.3, 0.4) is 0 Å². The van der Waals surface area contributed by atoms with Crippen molar-refractivity contribution in [3.8, 4) is 11.5 Å². The van der Waals surface area contributed by atoms with Gasteiger partial charge in [-0.1, -0.05) is 24.8 Å². The third-order valence-electron chi connectivity index (χ3n) is 5.59. The van der Waals surface area contributed by atoms with Crippen molar-refractivity contribution in [3.63, 3.8) is 0 Å². The van der Waals surface area contributed by atoms with Crippen LogP contribution in [0.25, 0.3) is 5.76 Å². The number of ketones is 1. The summed E-state index contributed by atoms with van der Waals surface area (Å²) in [6, 6.07) is 12.9. The number of anilines is 1. The van der Waals surface area contributed by atoms with Crippen LogP contribution in [0, 0.1) is 13.8 Å². The second-order valence-corrected chi connectivity index (χ2v) is 8.89. The minimum absolute atomic E-state index is 0.000401. The van der Waals surface area contributed by atoms with E-state index < -0.39 is 17.7 Å². The molecule has 0 spiro atoms. The first-order valence-corrected chi connectivity index (χ1v) is 11.4. The smallest absolute Gasteiger partial charge is 0.301 e. The van der Waals surface area contributed by atoms with Crippen molar-refractivity contribution < 1.29 is 24.2 Å². The molecule has 0 unspecified atom stereocenters. The lowest BCUT2D eigenvalue weighted by molar-refractivity contribution is -0.132. The molecule has 1 amide bonds. The average molecular weight is 477 g/mol. The number of nitrogens with zero attached hydrogens (tertiary/aromatic N) is 2. The topological polar surface area (TPSA) is 89.0 Å². The van der Waals surface area contributed by atoms with Crippen molar-refractivity contribution >= 4 is 33.9 Å². The standard InChI is InChI=1S/C26H24N2O5S/c1-5-14-33-20-12-6-17(7-13-20)22-21(23(29)18-8-10-19(32-4)11-9-18)24(30)25(31)28(22)26-27-15(2)16(3)34-26/h5-13,22,29H,1,14H2,2-4H3/b23-21+/t22-/m1/s1. The van der Waals surface area contributed by atoms with E-state index in [2.05, 4.69) is 11.6 Å². The Kier molecular flexibility index (Phi) is 6.51. The number of benzene rings is 2. The number of Topliss-reactive ketones (excluding diaryl/α,β-unsaturated/α-hetero) is 1. The largest absolute Gasteiger partial charge is 0.507 e. The molecule has 34 heavy (non-hydrogen) atoms. The molecule has 0 radical (unpaired) electrons. The van der Waals surface area contributed by atoms with E-state index in [-0.39, 0.29) is 11.3 Å². The molecule has 1 aromatic heterocycles. The predicted octanol–water partition coefficient (Wildman–Crippen LogP) is 4.96. The summed E-state index contributed by atoms with van der Waals surface area (Å²) in [5, 5.41) is 11.6. The van der Waals surface area contributed by atoms with Gasteiger partial charge in [0.25, 0.3) is 5.78 Å². The summed E-state index contributed by atoms with van der Waals surface area (Å²) in [5.41, 5.74) is 1.83. The second kappa shape index (κ2) is 9.52. The van der Waals surface area contributed by atoms with E-state index in [0.717, 1.165) is 10.6 Å². The third-order valence-corrected chi connectivity index (χ3v) is 6.67. The molecular formula is C26H24N2O5S. The van der Waals surface area contributed by atoms with E-state index >= 15 is 0 Å². The van der Waals surface area contributed by atoms with Gasteiger partial charge >= 0.3 is 5.91 Å². The maximum atomic E-state index is 13.2. The Bertz CT molecular complexity index is 1260. The zero-order valence-corrected chi connectivity index (χ0v) is 19.9. The fourth-order valence-electron chi connectivity index (χ4n) is 3.71. The molecule has 2 heterocycles. The molecule has 1 atom stereocenters. The molecule has 4 rings (SSSR count). The van der Waals surface area contributed by atoms with Crippen LogP contribution in [0.15, 0.2) is 66.8 Å². The Balaban J connectivity index is 1.86. The molecule has 7 nitrogen and oxygen atoms in total. The molecule has 0 aliphatic carbocycles. The van der Waals surface area contributed by atoms with E-state index in [1.54, 1.807) is 61.7 Å². The number of thiazole rings is 1. The lowest BCUT2D eigenvalue weighted by Gasteiger charge is -2.23. The molecule has 0 bridgehead atoms. The molecule has 1 aliphatic heterocycles. The van der Waals surface area contributed by atoms with Crippen molar-refractivity contribution in [1.82, 2.24) is 4.98 Å². The molecular weight excluding hydrogens is 452 g/mol. The number of rotatable bonds is 7. The number of aryl methyl sites for hydroxylation is 2. The van der Waals surface area contributed by atoms with Gasteiger partial charge in [-0.25, -0.2) is 4.98 Å². The van der Waals surface area contributed by atoms with Crippen LogP contribution in [0.4, 0.5) is 5.13 Å². The summed E-state index contributed by atoms with van der Waals surface area (Å²) in [4.78, 5) is 33.2. The van der Waals surface area contributed by atoms with Crippen molar-refractivity contribution in [2.45, 2.75) is 19.9 Å². The fourth-order valence-corrected chi connectivity index (χ4v) is 4.65. The van der Waals surface area contributed by atoms with Gasteiger partial charge in [0.1, 0.15) is 23.9 Å². The number of aliphatic hydroxyl groups excluding tert-OH is 1. The number of hydrogen-bond donors (Lipinski definition) is 1. The van der Waals surface area contributed by atoms with Crippen LogP contribution in [0.1, 0.15) is 27.7 Å². The molecule has 174 valence electrons. The Morgan fingerprint density at radius 1 is 1.12 bits per heavy atom. The van der Waals surface area contributed by atoms with E-state index in [4.69, 9.17) is 9.47 Å². The fraction of sp³-hybridized carbons (Fsp3) is 0.192. The molecule has 8 heteroatoms. The Morgan fingerprint density at radius 2 is 1.76 bits per heavy atom. The van der Waals surface area contributed by atoms with Gasteiger partial charge in [0.05, 0.1) is 24.4 Å². The number of carbonyl (C=O) groups is 2. The highest BCUT2D eigenvalue weighted by Gasteiger charge is 2.48. The van der Waals surface area contributed by atoms with E-state index in [0.29, 0.717) is 34.4 Å². The number of amides is 1. The van der Waals surface area contributed by atoms with Crippen molar-refractivity contribution in [2.24, 2.45) is 0 Å². The number of aliphatic hydroxyl groups is 1. The molecule has 1 saturated heterocycles. The SMILES string of the molecule is C=CCOc1ccc([C@@H]2/C(=C(\O)c3ccc(OC)cc3)C(=O)C(=O)N2c2nc(C)c(C)s2)cc1. The quantitative estimate of drug-likeness (QED) is 0.224. The van der Waals surface area contributed by atoms with Crippen LogP contribution in [-0.4, -0.2) is 35.5 Å². The molecule has 1 aliphatic rings. The summed E-state index contributed by atoms with van der Waals surface area (Å²) >= 11 is 1.33. The lowest BCUT2D eigenvalue weighted by Crippen LogP contribution is -2.29. The monoisotopic (exact) mass is 476 g/mol. The van der Waals surface area contributed by atoms with Gasteiger partial charge in [0.2, 0.25) is 0 Å². The van der Waals surface area contributed by atoms with Crippen LogP contribution in [0.5, 0.6) is 11.5 Å². The third kappa shape index (κ3) is 4.20. The summed E-state index contributed by atoms with van der Waals surface area (Å²) < 4.78 is 10.7. The van der Waals surface area contributed by atoms with Gasteiger partial charge in [-0.3, -0.25) is 14.5 Å². The molecule has 3 aromatic rings. The van der Waals surface area contributed by atoms with Gasteiger partial charge in [-0.05, 0) is 55.8 Å². The summed E-state index contributed by atoms with van der Waals surface area (Å²) in [5.74, 6) is -0.531. The molecule has 2 aromatic carbocycles. The van der Waals surface area contributed by atoms with Gasteiger partial charge in [0, 0.05) is 10.4 Å². The first-order valence-electron chi connectivity index (χ1n) is 10.6. The summed E-state index contributed by atoms with van der Waals surface area (Å²) in [6.45, 7) is 7.75. The maximum Gasteiger partial charge on any atom is 0.301 e. The van der Waals surface area contributed by atoms with E-state index in [1.165, 1.54) is 16.2 Å². The average Bonchev–Trinajstić information content (AvgIpc) is 3.32. The van der Waals surface area contributed by atoms with Crippen molar-refractivity contribution in [2.75, 3.05) is 18.6 Å². The number of aromatic nitrogens is 1. The lowest BCUT2D eigenvalue weighted by atomic mass is 9.95. The minimum Gasteiger partial charge on any atom is -0.507 e. The van der Waals surface area contributed by atoms with Crippen LogP contribution in [0.2, 0.25) is 0 Å². The molecule has 1 N–H and O–H groups in total. The molecule has 0 saturated carbocycles. The van der Waals surface area contributed by atoms with Crippen LogP contribution >= 0.6 is 11.3 Å². The van der Waals surface area contributed by atoms with Gasteiger partial charge < -0.3 is 14.6 Å². The first-order chi connectivity index (χ1) is 16.3. The van der Waals surface area contributed by atoms with Gasteiger partial charge in [-0.15, -0.1) is 11.3 Å². The van der Waals surface area contributed by atoms with E-state index in [1.807, 2.05) is 13.8 Å². The highest BCUT2D eigenvalue weighted by molar-refractivity contribution is 7.16. The highest BCUT2D eigenvalue weighted by Crippen LogP contribution is 2.44. The number of hydrogen-bond acceptors (Lipinski definition) is 7. The van der Waals surface area contributed by atoms with Crippen molar-refractivity contribution in [3.05, 3.63) is 88.5 Å². The molecule has 1 fully saturated rings. The van der Waals surface area contributed by atoms with E-state index in [9.17, 15) is 14.7 Å². The Labute approximate surface area is 201 Å². The number of carbonyl (C=O) groups excluding carboxylic acids is 2. The second-order valence-electron chi connectivity index (χ2n) is 7.70. The predicted molar refractivity (Wildman–Crippen MR) is 131 cm³/mol. The first kappa shape index (κ1) is 23.3. The van der Waals surface area contributed by atoms with Crippen LogP contribution in [-0.2, 0) is 9.59 Å². The Hall–Kier alpha value is -3.91. The summed E-state index contributed by atoms with van der Waals surface area (Å²) in [7, 11) is 1.54. The zero-order chi connectivity index (χ0) is 24.4. The van der Waals surface area contributed by atoms with Crippen LogP contribution < -0.4 is 14.4 Å². The maximum absolute atomic E-state index is 13.2. The highest BCUT2D eigenvalue weighted by atomic mass is 32.1. The Morgan fingerprint density at radius 3 is 2.32 bits per heavy atom. The number of methoxy groups -OCH3 is 1. The number of ether oxygens (including phenoxy) is 2. The van der Waals surface area contributed by atoms with Gasteiger partial charge in [-0.2, -0.15) is 0 Å². The van der Waals surface area contributed by atoms with Crippen molar-refractivity contribution in [1.29, 1.82) is 0 Å². The zero-order valence-electron chi connectivity index (χ0n) is 19.1. The summed E-state index contributed by atoms with van der Waals surface area (Å²) in [6.07, 6.45) is 1.64. The van der Waals surface area contributed by atoms with Gasteiger partial charge in [0.15, 0.2) is 5.13 Å². The minimum atomic E-state index is -0.847. The normalized spacial score (nSPS) is 17.1.